The van der Waals surface area contributed by atoms with Crippen LogP contribution < -0.4 is 15.1 Å². The van der Waals surface area contributed by atoms with Crippen LogP contribution in [0.15, 0.2) is 53.4 Å². The topological polar surface area (TPSA) is 73.0 Å². The Morgan fingerprint density at radius 1 is 1.00 bits per heavy atom. The third-order valence-corrected chi connectivity index (χ3v) is 7.43. The molecule has 0 bridgehead atoms. The molecule has 2 aromatic rings. The molecule has 3 rings (SSSR count). The van der Waals surface area contributed by atoms with E-state index in [0.717, 1.165) is 37.3 Å². The molecule has 2 aromatic carbocycles. The summed E-state index contributed by atoms with van der Waals surface area (Å²) in [5.74, 6) is -0.252. The molecule has 31 heavy (non-hydrogen) atoms. The molecule has 1 fully saturated rings. The van der Waals surface area contributed by atoms with Gasteiger partial charge >= 0.3 is 0 Å². The molecule has 0 radical (unpaired) electrons. The fraction of sp³-hybridized carbons (Fsp3) is 0.435. The number of piperidine rings is 1. The van der Waals surface area contributed by atoms with Gasteiger partial charge in [-0.15, -0.1) is 0 Å². The van der Waals surface area contributed by atoms with Crippen molar-refractivity contribution >= 4 is 27.3 Å². The minimum atomic E-state index is -3.62. The van der Waals surface area contributed by atoms with Crippen molar-refractivity contribution in [1.29, 1.82) is 0 Å². The van der Waals surface area contributed by atoms with Gasteiger partial charge in [-0.05, 0) is 49.6 Å². The zero-order valence-corrected chi connectivity index (χ0v) is 19.4. The van der Waals surface area contributed by atoms with E-state index in [2.05, 4.69) is 15.1 Å². The smallest absolute Gasteiger partial charge is 0.253 e. The summed E-state index contributed by atoms with van der Waals surface area (Å²) in [5, 5.41) is 2.97. The van der Waals surface area contributed by atoms with E-state index >= 15 is 0 Å². The fourth-order valence-corrected chi connectivity index (χ4v) is 4.65. The largest absolute Gasteiger partial charge is 0.373 e. The first-order valence-electron chi connectivity index (χ1n) is 10.7. The zero-order chi connectivity index (χ0) is 22.4. The monoisotopic (exact) mass is 444 g/mol. The zero-order valence-electron chi connectivity index (χ0n) is 18.5. The number of benzene rings is 2. The molecule has 7 nitrogen and oxygen atoms in total. The Kier molecular flexibility index (Phi) is 7.56. The van der Waals surface area contributed by atoms with Crippen LogP contribution in [0.5, 0.6) is 0 Å². The van der Waals surface area contributed by atoms with Crippen LogP contribution in [-0.4, -0.2) is 66.0 Å². The summed E-state index contributed by atoms with van der Waals surface area (Å²) < 4.78 is 26.4. The lowest BCUT2D eigenvalue weighted by molar-refractivity contribution is 0.0955. The summed E-state index contributed by atoms with van der Waals surface area (Å²) >= 11 is 0. The first-order chi connectivity index (χ1) is 14.8. The highest BCUT2D eigenvalue weighted by molar-refractivity contribution is 7.89. The maximum absolute atomic E-state index is 13.1. The van der Waals surface area contributed by atoms with Crippen LogP contribution in [0.4, 0.5) is 11.4 Å². The van der Waals surface area contributed by atoms with Crippen LogP contribution in [0, 0.1) is 0 Å². The van der Waals surface area contributed by atoms with E-state index in [0.29, 0.717) is 18.7 Å². The number of anilines is 2. The predicted octanol–water partition coefficient (Wildman–Crippen LogP) is 2.79. The molecule has 1 amide bonds. The Bertz CT molecular complexity index is 987. The second kappa shape index (κ2) is 10.2. The van der Waals surface area contributed by atoms with Gasteiger partial charge in [0.25, 0.3) is 5.91 Å². The Morgan fingerprint density at radius 3 is 2.32 bits per heavy atom. The molecule has 0 spiro atoms. The molecule has 0 aliphatic carbocycles. The van der Waals surface area contributed by atoms with Gasteiger partial charge in [0.15, 0.2) is 0 Å². The number of hydrogen-bond acceptors (Lipinski definition) is 5. The lowest BCUT2D eigenvalue weighted by atomic mass is 10.1. The van der Waals surface area contributed by atoms with Crippen LogP contribution in [-0.2, 0) is 10.0 Å². The van der Waals surface area contributed by atoms with Gasteiger partial charge in [0.05, 0.1) is 10.5 Å². The summed E-state index contributed by atoms with van der Waals surface area (Å²) in [4.78, 5) is 17.5. The van der Waals surface area contributed by atoms with Crippen molar-refractivity contribution < 1.29 is 13.2 Å². The third kappa shape index (κ3) is 5.57. The average Bonchev–Trinajstić information content (AvgIpc) is 2.79. The number of rotatable bonds is 8. The highest BCUT2D eigenvalue weighted by Gasteiger charge is 2.24. The van der Waals surface area contributed by atoms with Gasteiger partial charge in [-0.25, -0.2) is 12.7 Å². The lowest BCUT2D eigenvalue weighted by Gasteiger charge is -2.30. The summed E-state index contributed by atoms with van der Waals surface area (Å²) in [6.07, 6.45) is 3.32. The standard InChI is InChI=1S/C23H32N4O3S/c1-25(2)31(29,30)20-12-13-22(27-15-8-5-9-16-27)21(18-20)23(28)24-14-17-26(3)19-10-6-4-7-11-19/h4,6-7,10-13,18H,5,8-9,14-17H2,1-3H3,(H,24,28). The van der Waals surface area contributed by atoms with Crippen molar-refractivity contribution in [2.24, 2.45) is 0 Å². The number of para-hydroxylation sites is 1. The van der Waals surface area contributed by atoms with Gasteiger partial charge in [0, 0.05) is 58.7 Å². The van der Waals surface area contributed by atoms with Crippen LogP contribution in [0.25, 0.3) is 0 Å². The van der Waals surface area contributed by atoms with E-state index in [9.17, 15) is 13.2 Å². The van der Waals surface area contributed by atoms with Gasteiger partial charge in [0.2, 0.25) is 10.0 Å². The molecule has 1 aliphatic heterocycles. The maximum Gasteiger partial charge on any atom is 0.253 e. The van der Waals surface area contributed by atoms with Gasteiger partial charge < -0.3 is 15.1 Å². The van der Waals surface area contributed by atoms with Gasteiger partial charge in [-0.1, -0.05) is 18.2 Å². The quantitative estimate of drug-likeness (QED) is 0.678. The molecule has 1 N–H and O–H groups in total. The average molecular weight is 445 g/mol. The Hall–Kier alpha value is -2.58. The molecule has 0 atom stereocenters. The minimum Gasteiger partial charge on any atom is -0.373 e. The molecular weight excluding hydrogens is 412 g/mol. The molecule has 1 heterocycles. The highest BCUT2D eigenvalue weighted by atomic mass is 32.2. The second-order valence-corrected chi connectivity index (χ2v) is 10.2. The summed E-state index contributed by atoms with van der Waals surface area (Å²) in [5.41, 5.74) is 2.28. The third-order valence-electron chi connectivity index (χ3n) is 5.62. The molecule has 1 saturated heterocycles. The molecule has 0 unspecified atom stereocenters. The van der Waals surface area contributed by atoms with E-state index < -0.39 is 10.0 Å². The summed E-state index contributed by atoms with van der Waals surface area (Å²) in [6, 6.07) is 14.8. The van der Waals surface area contributed by atoms with Crippen molar-refractivity contribution in [3.05, 3.63) is 54.1 Å². The summed E-state index contributed by atoms with van der Waals surface area (Å²) in [7, 11) is 1.34. The number of hydrogen-bond donors (Lipinski definition) is 1. The van der Waals surface area contributed by atoms with E-state index in [1.165, 1.54) is 30.9 Å². The Balaban J connectivity index is 1.79. The van der Waals surface area contributed by atoms with Gasteiger partial charge in [0.1, 0.15) is 0 Å². The number of likely N-dealkylation sites (N-methyl/N-ethyl adjacent to an activating group) is 1. The molecule has 0 saturated carbocycles. The van der Waals surface area contributed by atoms with E-state index in [-0.39, 0.29) is 10.8 Å². The number of carbonyl (C=O) groups is 1. The lowest BCUT2D eigenvalue weighted by Crippen LogP contribution is -2.36. The minimum absolute atomic E-state index is 0.129. The first kappa shape index (κ1) is 23.1. The van der Waals surface area contributed by atoms with E-state index in [1.54, 1.807) is 12.1 Å². The predicted molar refractivity (Wildman–Crippen MR) is 125 cm³/mol. The van der Waals surface area contributed by atoms with E-state index in [1.807, 2.05) is 37.4 Å². The number of amides is 1. The summed E-state index contributed by atoms with van der Waals surface area (Å²) in [6.45, 7) is 2.84. The van der Waals surface area contributed by atoms with Crippen molar-refractivity contribution in [3.63, 3.8) is 0 Å². The van der Waals surface area contributed by atoms with E-state index in [4.69, 9.17) is 0 Å². The van der Waals surface area contributed by atoms with Crippen molar-refractivity contribution in [3.8, 4) is 0 Å². The normalized spacial score (nSPS) is 14.5. The highest BCUT2D eigenvalue weighted by Crippen LogP contribution is 2.28. The van der Waals surface area contributed by atoms with Gasteiger partial charge in [-0.2, -0.15) is 0 Å². The van der Waals surface area contributed by atoms with Crippen LogP contribution >= 0.6 is 0 Å². The second-order valence-electron chi connectivity index (χ2n) is 8.03. The van der Waals surface area contributed by atoms with Crippen molar-refractivity contribution in [2.75, 3.05) is 57.1 Å². The fourth-order valence-electron chi connectivity index (χ4n) is 3.72. The van der Waals surface area contributed by atoms with Crippen molar-refractivity contribution in [1.82, 2.24) is 9.62 Å². The number of nitrogens with zero attached hydrogens (tertiary/aromatic N) is 3. The van der Waals surface area contributed by atoms with Crippen LogP contribution in [0.2, 0.25) is 0 Å². The van der Waals surface area contributed by atoms with Crippen LogP contribution in [0.1, 0.15) is 29.6 Å². The molecule has 1 aliphatic rings. The number of nitrogens with one attached hydrogen (secondary N) is 1. The SMILES string of the molecule is CN(CCNC(=O)c1cc(S(=O)(=O)N(C)C)ccc1N1CCCCC1)c1ccccc1. The number of sulfonamides is 1. The molecule has 0 aromatic heterocycles. The molecule has 8 heteroatoms. The van der Waals surface area contributed by atoms with Crippen LogP contribution in [0.3, 0.4) is 0 Å². The molecular formula is C23H32N4O3S. The maximum atomic E-state index is 13.1. The Morgan fingerprint density at radius 2 is 1.68 bits per heavy atom. The first-order valence-corrected chi connectivity index (χ1v) is 12.1. The van der Waals surface area contributed by atoms with Gasteiger partial charge in [-0.3, -0.25) is 4.79 Å². The Labute approximate surface area is 185 Å². The van der Waals surface area contributed by atoms with Crippen molar-refractivity contribution in [2.45, 2.75) is 24.2 Å². The molecule has 168 valence electrons. The number of carbonyl (C=O) groups excluding carboxylic acids is 1.